The highest BCUT2D eigenvalue weighted by molar-refractivity contribution is 5.75. The lowest BCUT2D eigenvalue weighted by atomic mass is 10.5. The number of aliphatic carboxylic acids is 3. The van der Waals surface area contributed by atoms with Crippen LogP contribution in [0, 0.1) is 0 Å². The molecule has 0 aliphatic carbocycles. The SMILES string of the molecule is CC(=O)O.CC(=O)O.CC(=O)O.CC(C)O.[AlH3]. The van der Waals surface area contributed by atoms with Crippen LogP contribution in [0.5, 0.6) is 0 Å². The van der Waals surface area contributed by atoms with E-state index in [9.17, 15) is 0 Å². The molecule has 0 atom stereocenters. The van der Waals surface area contributed by atoms with Crippen LogP contribution < -0.4 is 0 Å². The van der Waals surface area contributed by atoms with E-state index in [0.29, 0.717) is 0 Å². The number of hydrogen-bond donors (Lipinski definition) is 4. The van der Waals surface area contributed by atoms with Gasteiger partial charge in [0.05, 0.1) is 0 Å². The fourth-order valence-electron chi connectivity index (χ4n) is 0. The first kappa shape index (κ1) is 29.7. The van der Waals surface area contributed by atoms with E-state index in [1.807, 2.05) is 0 Å². The largest absolute Gasteiger partial charge is 0.481 e. The lowest BCUT2D eigenvalue weighted by Crippen LogP contribution is -1.85. The van der Waals surface area contributed by atoms with E-state index in [1.54, 1.807) is 13.8 Å². The highest BCUT2D eigenvalue weighted by atomic mass is 27.0. The summed E-state index contributed by atoms with van der Waals surface area (Å²) in [7, 11) is 0. The van der Waals surface area contributed by atoms with Crippen molar-refractivity contribution >= 4 is 35.3 Å². The van der Waals surface area contributed by atoms with Crippen molar-refractivity contribution < 1.29 is 34.8 Å². The average molecular weight is 270 g/mol. The van der Waals surface area contributed by atoms with Crippen LogP contribution in [0.1, 0.15) is 34.6 Å². The molecule has 104 valence electrons. The van der Waals surface area contributed by atoms with Crippen LogP contribution >= 0.6 is 0 Å². The van der Waals surface area contributed by atoms with Crippen molar-refractivity contribution in [3.05, 3.63) is 0 Å². The van der Waals surface area contributed by atoms with Gasteiger partial charge in [-0.05, 0) is 13.8 Å². The summed E-state index contributed by atoms with van der Waals surface area (Å²) in [6, 6.07) is 0. The molecule has 0 aromatic heterocycles. The average Bonchev–Trinajstić information content (AvgIpc) is 1.76. The molecule has 4 N–H and O–H groups in total. The molecule has 0 aliphatic rings. The van der Waals surface area contributed by atoms with Gasteiger partial charge in [-0.1, -0.05) is 0 Å². The summed E-state index contributed by atoms with van der Waals surface area (Å²) in [5.41, 5.74) is 0. The van der Waals surface area contributed by atoms with Gasteiger partial charge in [0.1, 0.15) is 0 Å². The summed E-state index contributed by atoms with van der Waals surface area (Å²) >= 11 is 0. The molecule has 0 amide bonds. The van der Waals surface area contributed by atoms with Crippen LogP contribution in [0.15, 0.2) is 0 Å². The van der Waals surface area contributed by atoms with E-state index >= 15 is 0 Å². The molecule has 0 spiro atoms. The van der Waals surface area contributed by atoms with Crippen molar-refractivity contribution in [3.63, 3.8) is 0 Å². The van der Waals surface area contributed by atoms with Crippen LogP contribution in [0.3, 0.4) is 0 Å². The van der Waals surface area contributed by atoms with E-state index in [2.05, 4.69) is 0 Å². The number of aliphatic hydroxyl groups excluding tert-OH is 1. The van der Waals surface area contributed by atoms with E-state index in [4.69, 9.17) is 34.8 Å². The maximum atomic E-state index is 9.00. The first-order chi connectivity index (χ1) is 6.93. The Bertz CT molecular complexity index is 148. The van der Waals surface area contributed by atoms with Gasteiger partial charge in [-0.15, -0.1) is 0 Å². The third-order valence-corrected chi connectivity index (χ3v) is 0. The number of carbonyl (C=O) groups is 3. The van der Waals surface area contributed by atoms with E-state index in [-0.39, 0.29) is 23.5 Å². The smallest absolute Gasteiger partial charge is 0.300 e. The highest BCUT2D eigenvalue weighted by Gasteiger charge is 1.69. The fourth-order valence-corrected chi connectivity index (χ4v) is 0. The third-order valence-electron chi connectivity index (χ3n) is 0. The lowest BCUT2D eigenvalue weighted by Gasteiger charge is -1.80. The van der Waals surface area contributed by atoms with Gasteiger partial charge in [-0.2, -0.15) is 0 Å². The van der Waals surface area contributed by atoms with Gasteiger partial charge in [0.2, 0.25) is 0 Å². The summed E-state index contributed by atoms with van der Waals surface area (Å²) in [5.74, 6) is -2.50. The molecule has 0 fully saturated rings. The molecule has 0 rings (SSSR count). The number of rotatable bonds is 0. The van der Waals surface area contributed by atoms with Crippen molar-refractivity contribution in [2.24, 2.45) is 0 Å². The number of hydrogen-bond acceptors (Lipinski definition) is 4. The van der Waals surface area contributed by atoms with E-state index in [1.165, 1.54) is 0 Å². The Hall–Kier alpha value is -1.10. The maximum absolute atomic E-state index is 9.00. The zero-order valence-electron chi connectivity index (χ0n) is 10.1. The van der Waals surface area contributed by atoms with Gasteiger partial charge in [0, 0.05) is 26.9 Å². The summed E-state index contributed by atoms with van der Waals surface area (Å²) < 4.78 is 0. The molecule has 0 aromatic rings. The lowest BCUT2D eigenvalue weighted by molar-refractivity contribution is -0.135. The normalized spacial score (nSPS) is 6.53. The van der Waals surface area contributed by atoms with E-state index in [0.717, 1.165) is 20.8 Å². The number of aliphatic hydroxyl groups is 1. The van der Waals surface area contributed by atoms with Crippen LogP contribution in [0.2, 0.25) is 0 Å². The van der Waals surface area contributed by atoms with Crippen molar-refractivity contribution in [1.82, 2.24) is 0 Å². The quantitative estimate of drug-likeness (QED) is 0.435. The number of carboxylic acids is 3. The summed E-state index contributed by atoms with van der Waals surface area (Å²) in [5, 5.41) is 30.3. The Balaban J connectivity index is -0.0000000369. The Labute approximate surface area is 111 Å². The molecule has 7 nitrogen and oxygen atoms in total. The standard InChI is InChI=1S/C3H8O.3C2H4O2.Al.3H/c1-3(2)4;3*1-2(3)4;;;;/h3-4H,1-2H3;3*1H3,(H,3,4);;;;. The second-order valence-corrected chi connectivity index (χ2v) is 2.65. The molecule has 0 bridgehead atoms. The fraction of sp³-hybridized carbons (Fsp3) is 0.667. The van der Waals surface area contributed by atoms with E-state index < -0.39 is 17.9 Å². The first-order valence-corrected chi connectivity index (χ1v) is 4.20. The molecule has 0 heterocycles. The van der Waals surface area contributed by atoms with Crippen molar-refractivity contribution in [1.29, 1.82) is 0 Å². The minimum absolute atomic E-state index is 0. The van der Waals surface area contributed by atoms with Crippen LogP contribution in [0.4, 0.5) is 0 Å². The molecular formula is C9H23AlO7. The monoisotopic (exact) mass is 270 g/mol. The Morgan fingerprint density at radius 1 is 0.765 bits per heavy atom. The first-order valence-electron chi connectivity index (χ1n) is 4.20. The third kappa shape index (κ3) is 2060. The van der Waals surface area contributed by atoms with Crippen molar-refractivity contribution in [2.75, 3.05) is 0 Å². The molecule has 0 saturated heterocycles. The molecule has 17 heavy (non-hydrogen) atoms. The van der Waals surface area contributed by atoms with Crippen molar-refractivity contribution in [3.8, 4) is 0 Å². The molecular weight excluding hydrogens is 247 g/mol. The zero-order chi connectivity index (χ0) is 14.3. The van der Waals surface area contributed by atoms with Gasteiger partial charge in [-0.25, -0.2) is 0 Å². The predicted octanol–water partition coefficient (Wildman–Crippen LogP) is -0.524. The Kier molecular flexibility index (Phi) is 42.4. The maximum Gasteiger partial charge on any atom is 0.300 e. The second kappa shape index (κ2) is 24.2. The Morgan fingerprint density at radius 3 is 0.765 bits per heavy atom. The molecule has 0 saturated carbocycles. The van der Waals surface area contributed by atoms with Crippen LogP contribution in [0.25, 0.3) is 0 Å². The van der Waals surface area contributed by atoms with Gasteiger partial charge in [-0.3, -0.25) is 14.4 Å². The summed E-state index contributed by atoms with van der Waals surface area (Å²) in [6.45, 7) is 6.69. The minimum Gasteiger partial charge on any atom is -0.481 e. The summed E-state index contributed by atoms with van der Waals surface area (Å²) in [4.78, 5) is 27.0. The second-order valence-electron chi connectivity index (χ2n) is 2.65. The Morgan fingerprint density at radius 2 is 0.765 bits per heavy atom. The van der Waals surface area contributed by atoms with Crippen LogP contribution in [-0.2, 0) is 14.4 Å². The highest BCUT2D eigenvalue weighted by Crippen LogP contribution is 1.65. The molecule has 0 unspecified atom stereocenters. The van der Waals surface area contributed by atoms with Gasteiger partial charge >= 0.3 is 0 Å². The molecule has 0 aliphatic heterocycles. The molecule has 0 aromatic carbocycles. The zero-order valence-corrected chi connectivity index (χ0v) is 10.1. The van der Waals surface area contributed by atoms with Crippen LogP contribution in [-0.4, -0.2) is 61.8 Å². The van der Waals surface area contributed by atoms with Gasteiger partial charge in [0.15, 0.2) is 17.4 Å². The molecule has 8 heteroatoms. The van der Waals surface area contributed by atoms with Gasteiger partial charge < -0.3 is 20.4 Å². The van der Waals surface area contributed by atoms with Crippen molar-refractivity contribution in [2.45, 2.75) is 40.7 Å². The number of carboxylic acid groups (broad SMARTS) is 3. The summed E-state index contributed by atoms with van der Waals surface area (Å²) in [6.07, 6.45) is -0.167. The topological polar surface area (TPSA) is 132 Å². The minimum atomic E-state index is -0.833. The predicted molar refractivity (Wildman–Crippen MR) is 67.2 cm³/mol. The molecule has 0 radical (unpaired) electrons. The van der Waals surface area contributed by atoms with Gasteiger partial charge in [0.25, 0.3) is 17.9 Å².